The number of aromatic nitrogens is 2. The second kappa shape index (κ2) is 6.71. The third kappa shape index (κ3) is 3.38. The summed E-state index contributed by atoms with van der Waals surface area (Å²) in [5.74, 6) is 0.914. The number of amides is 1. The molecule has 4 heteroatoms. The maximum Gasteiger partial charge on any atom is 0.255 e. The lowest BCUT2D eigenvalue weighted by atomic mass is 10.0. The van der Waals surface area contributed by atoms with Crippen LogP contribution in [0.5, 0.6) is 0 Å². The normalized spacial score (nSPS) is 10.6. The Morgan fingerprint density at radius 1 is 1.08 bits per heavy atom. The summed E-state index contributed by atoms with van der Waals surface area (Å²) in [4.78, 5) is 16.7. The van der Waals surface area contributed by atoms with E-state index in [1.807, 2.05) is 69.4 Å². The fourth-order valence-electron chi connectivity index (χ4n) is 2.66. The number of hydrogen-bond donors (Lipinski definition) is 1. The summed E-state index contributed by atoms with van der Waals surface area (Å²) >= 11 is 0. The number of nitrogens with one attached hydrogen (secondary N) is 1. The quantitative estimate of drug-likeness (QED) is 0.786. The molecular formula is C20H21N3O. The van der Waals surface area contributed by atoms with Crippen molar-refractivity contribution in [2.75, 3.05) is 5.32 Å². The SMILES string of the molecule is Cc1cccc(C(=O)Nc2ccc(Cn3ccnc3C)cc2)c1C. The maximum absolute atomic E-state index is 12.4. The standard InChI is InChI=1S/C20H21N3O/c1-14-5-4-6-19(15(14)2)20(24)22-18-9-7-17(8-10-18)13-23-12-11-21-16(23)3/h4-12H,13H2,1-3H3,(H,22,24). The first-order chi connectivity index (χ1) is 11.5. The molecule has 0 aliphatic carbocycles. The molecule has 0 radical (unpaired) electrons. The minimum Gasteiger partial charge on any atom is -0.331 e. The van der Waals surface area contributed by atoms with E-state index in [-0.39, 0.29) is 5.91 Å². The molecule has 3 rings (SSSR count). The van der Waals surface area contributed by atoms with Crippen LogP contribution >= 0.6 is 0 Å². The van der Waals surface area contributed by atoms with Crippen LogP contribution in [0.15, 0.2) is 54.9 Å². The number of hydrogen-bond acceptors (Lipinski definition) is 2. The average Bonchev–Trinajstić information content (AvgIpc) is 2.97. The Bertz CT molecular complexity index is 863. The highest BCUT2D eigenvalue weighted by Crippen LogP contribution is 2.16. The Morgan fingerprint density at radius 2 is 1.83 bits per heavy atom. The number of carbonyl (C=O) groups excluding carboxylic acids is 1. The first-order valence-corrected chi connectivity index (χ1v) is 7.99. The van der Waals surface area contributed by atoms with Gasteiger partial charge in [-0.15, -0.1) is 0 Å². The molecule has 122 valence electrons. The smallest absolute Gasteiger partial charge is 0.255 e. The maximum atomic E-state index is 12.4. The summed E-state index contributed by atoms with van der Waals surface area (Å²) in [6.45, 7) is 6.75. The van der Waals surface area contributed by atoms with Gasteiger partial charge in [0, 0.05) is 30.2 Å². The molecule has 3 aromatic rings. The molecule has 24 heavy (non-hydrogen) atoms. The molecule has 0 aliphatic heterocycles. The molecule has 0 spiro atoms. The number of nitrogens with zero attached hydrogens (tertiary/aromatic N) is 2. The first kappa shape index (κ1) is 16.0. The summed E-state index contributed by atoms with van der Waals surface area (Å²) in [5, 5.41) is 2.97. The number of imidazole rings is 1. The summed E-state index contributed by atoms with van der Waals surface area (Å²) in [5.41, 5.74) is 4.82. The molecular weight excluding hydrogens is 298 g/mol. The third-order valence-corrected chi connectivity index (χ3v) is 4.34. The van der Waals surface area contributed by atoms with E-state index in [9.17, 15) is 4.79 Å². The highest BCUT2D eigenvalue weighted by molar-refractivity contribution is 6.05. The molecule has 1 aromatic heterocycles. The van der Waals surface area contributed by atoms with Crippen LogP contribution in [0.2, 0.25) is 0 Å². The van der Waals surface area contributed by atoms with Gasteiger partial charge in [-0.1, -0.05) is 24.3 Å². The molecule has 0 aliphatic rings. The molecule has 1 heterocycles. The Kier molecular flexibility index (Phi) is 4.47. The van der Waals surface area contributed by atoms with E-state index >= 15 is 0 Å². The average molecular weight is 319 g/mol. The van der Waals surface area contributed by atoms with Gasteiger partial charge in [0.05, 0.1) is 0 Å². The van der Waals surface area contributed by atoms with Gasteiger partial charge in [-0.3, -0.25) is 4.79 Å². The van der Waals surface area contributed by atoms with Gasteiger partial charge in [-0.25, -0.2) is 4.98 Å². The van der Waals surface area contributed by atoms with Crippen LogP contribution in [0.4, 0.5) is 5.69 Å². The molecule has 1 amide bonds. The van der Waals surface area contributed by atoms with Crippen LogP contribution in [0.25, 0.3) is 0 Å². The van der Waals surface area contributed by atoms with Gasteiger partial charge in [0.1, 0.15) is 5.82 Å². The van der Waals surface area contributed by atoms with E-state index in [4.69, 9.17) is 0 Å². The monoisotopic (exact) mass is 319 g/mol. The van der Waals surface area contributed by atoms with Gasteiger partial charge in [0.25, 0.3) is 5.91 Å². The number of benzene rings is 2. The van der Waals surface area contributed by atoms with E-state index in [2.05, 4.69) is 14.9 Å². The minimum absolute atomic E-state index is 0.0746. The van der Waals surface area contributed by atoms with E-state index < -0.39 is 0 Å². The fraction of sp³-hybridized carbons (Fsp3) is 0.200. The van der Waals surface area contributed by atoms with Crippen molar-refractivity contribution in [1.82, 2.24) is 9.55 Å². The number of anilines is 1. The topological polar surface area (TPSA) is 46.9 Å². The molecule has 0 fully saturated rings. The third-order valence-electron chi connectivity index (χ3n) is 4.34. The van der Waals surface area contributed by atoms with Crippen molar-refractivity contribution in [3.8, 4) is 0 Å². The second-order valence-electron chi connectivity index (χ2n) is 6.00. The highest BCUT2D eigenvalue weighted by Gasteiger charge is 2.10. The minimum atomic E-state index is -0.0746. The number of rotatable bonds is 4. The predicted molar refractivity (Wildman–Crippen MR) is 96.4 cm³/mol. The van der Waals surface area contributed by atoms with Crippen LogP contribution < -0.4 is 5.32 Å². The van der Waals surface area contributed by atoms with Crippen LogP contribution in [0.3, 0.4) is 0 Å². The lowest BCUT2D eigenvalue weighted by molar-refractivity contribution is 0.102. The first-order valence-electron chi connectivity index (χ1n) is 7.99. The fourth-order valence-corrected chi connectivity index (χ4v) is 2.66. The van der Waals surface area contributed by atoms with E-state index in [0.717, 1.165) is 29.2 Å². The molecule has 0 unspecified atom stereocenters. The van der Waals surface area contributed by atoms with Crippen molar-refractivity contribution in [2.24, 2.45) is 0 Å². The lowest BCUT2D eigenvalue weighted by Crippen LogP contribution is -2.13. The Balaban J connectivity index is 1.71. The van der Waals surface area contributed by atoms with Gasteiger partial charge < -0.3 is 9.88 Å². The highest BCUT2D eigenvalue weighted by atomic mass is 16.1. The van der Waals surface area contributed by atoms with Gasteiger partial charge in [-0.2, -0.15) is 0 Å². The predicted octanol–water partition coefficient (Wildman–Crippen LogP) is 4.11. The number of carbonyl (C=O) groups is 1. The van der Waals surface area contributed by atoms with Crippen molar-refractivity contribution >= 4 is 11.6 Å². The van der Waals surface area contributed by atoms with Crippen molar-refractivity contribution in [1.29, 1.82) is 0 Å². The second-order valence-corrected chi connectivity index (χ2v) is 6.00. The summed E-state index contributed by atoms with van der Waals surface area (Å²) < 4.78 is 2.09. The van der Waals surface area contributed by atoms with Crippen LogP contribution in [0.1, 0.15) is 32.9 Å². The Hall–Kier alpha value is -2.88. The zero-order valence-electron chi connectivity index (χ0n) is 14.2. The van der Waals surface area contributed by atoms with E-state index in [1.54, 1.807) is 6.20 Å². The zero-order valence-corrected chi connectivity index (χ0v) is 14.2. The Labute approximate surface area is 142 Å². The van der Waals surface area contributed by atoms with E-state index in [1.165, 1.54) is 5.56 Å². The summed E-state index contributed by atoms with van der Waals surface area (Å²) in [6.07, 6.45) is 3.76. The zero-order chi connectivity index (χ0) is 17.1. The molecule has 1 N–H and O–H groups in total. The summed E-state index contributed by atoms with van der Waals surface area (Å²) in [6, 6.07) is 13.7. The molecule has 0 atom stereocenters. The van der Waals surface area contributed by atoms with Crippen molar-refractivity contribution in [3.63, 3.8) is 0 Å². The molecule has 0 saturated carbocycles. The van der Waals surface area contributed by atoms with Gasteiger partial charge in [-0.05, 0) is 55.7 Å². The van der Waals surface area contributed by atoms with Crippen molar-refractivity contribution < 1.29 is 4.79 Å². The van der Waals surface area contributed by atoms with Gasteiger partial charge in [0.2, 0.25) is 0 Å². The largest absolute Gasteiger partial charge is 0.331 e. The van der Waals surface area contributed by atoms with Crippen LogP contribution in [-0.4, -0.2) is 15.5 Å². The van der Waals surface area contributed by atoms with Gasteiger partial charge >= 0.3 is 0 Å². The molecule has 0 saturated heterocycles. The van der Waals surface area contributed by atoms with Crippen molar-refractivity contribution in [3.05, 3.63) is 82.9 Å². The Morgan fingerprint density at radius 3 is 2.50 bits per heavy atom. The van der Waals surface area contributed by atoms with Crippen molar-refractivity contribution in [2.45, 2.75) is 27.3 Å². The molecule has 2 aromatic carbocycles. The number of aryl methyl sites for hydroxylation is 2. The molecule has 4 nitrogen and oxygen atoms in total. The summed E-state index contributed by atoms with van der Waals surface area (Å²) in [7, 11) is 0. The van der Waals surface area contributed by atoms with Gasteiger partial charge in [0.15, 0.2) is 0 Å². The lowest BCUT2D eigenvalue weighted by Gasteiger charge is -2.10. The van der Waals surface area contributed by atoms with Crippen LogP contribution in [0, 0.1) is 20.8 Å². The van der Waals surface area contributed by atoms with Crippen LogP contribution in [-0.2, 0) is 6.54 Å². The molecule has 0 bridgehead atoms. The van der Waals surface area contributed by atoms with E-state index in [0.29, 0.717) is 5.56 Å².